The smallest absolute Gasteiger partial charge is 0.322 e. The Hall–Kier alpha value is -4.21. The van der Waals surface area contributed by atoms with Crippen molar-refractivity contribution in [3.63, 3.8) is 0 Å². The van der Waals surface area contributed by atoms with Crippen molar-refractivity contribution < 1.29 is 28.3 Å². The lowest BCUT2D eigenvalue weighted by Crippen LogP contribution is -2.52. The number of nitrogens with zero attached hydrogens (tertiary/aromatic N) is 2. The van der Waals surface area contributed by atoms with E-state index in [1.165, 1.54) is 31.2 Å². The van der Waals surface area contributed by atoms with Crippen molar-refractivity contribution in [3.05, 3.63) is 59.1 Å². The van der Waals surface area contributed by atoms with Crippen molar-refractivity contribution in [2.24, 2.45) is 0 Å². The maximum atomic E-state index is 13.1. The normalized spacial score (nSPS) is 19.8. The summed E-state index contributed by atoms with van der Waals surface area (Å²) >= 11 is 0. The van der Waals surface area contributed by atoms with Gasteiger partial charge in [0, 0.05) is 25.2 Å². The molecule has 4 amide bonds. The molecule has 1 saturated heterocycles. The maximum Gasteiger partial charge on any atom is 0.322 e. The maximum absolute atomic E-state index is 13.1. The summed E-state index contributed by atoms with van der Waals surface area (Å²) in [4.78, 5) is 55.7. The minimum atomic E-state index is -1.66. The van der Waals surface area contributed by atoms with Crippen LogP contribution in [0.3, 0.4) is 0 Å². The van der Waals surface area contributed by atoms with E-state index < -0.39 is 17.5 Å². The van der Waals surface area contributed by atoms with Crippen LogP contribution in [0.25, 0.3) is 11.0 Å². The number of furan rings is 1. The van der Waals surface area contributed by atoms with Gasteiger partial charge in [0.05, 0.1) is 19.0 Å². The number of ketones is 1. The summed E-state index contributed by atoms with van der Waals surface area (Å²) in [5.41, 5.74) is 0.120. The fraction of sp³-hybridized carbons (Fsp3) is 0.227. The Kier molecular flexibility index (Phi) is 4.26. The third-order valence-corrected chi connectivity index (χ3v) is 5.77. The average Bonchev–Trinajstić information content (AvgIpc) is 3.42. The molecule has 2 N–H and O–H groups in total. The molecule has 4 heterocycles. The highest BCUT2D eigenvalue weighted by atomic mass is 16.5. The SMILES string of the molecule is COc1ccc2c(c1)C(=O)N(CC1(c3cc4c(C(C)=O)nccc4o3)NC(=O)NC1=O)C2. The lowest BCUT2D eigenvalue weighted by Gasteiger charge is -2.29. The molecule has 1 fully saturated rings. The topological polar surface area (TPSA) is 131 Å². The summed E-state index contributed by atoms with van der Waals surface area (Å²) in [5, 5.41) is 5.27. The first kappa shape index (κ1) is 19.7. The van der Waals surface area contributed by atoms with E-state index in [0.29, 0.717) is 22.3 Å². The first-order valence-corrected chi connectivity index (χ1v) is 9.82. The van der Waals surface area contributed by atoms with Gasteiger partial charge in [0.1, 0.15) is 22.8 Å². The summed E-state index contributed by atoms with van der Waals surface area (Å²) in [6, 6.07) is 7.57. The van der Waals surface area contributed by atoms with E-state index in [4.69, 9.17) is 9.15 Å². The molecule has 10 nitrogen and oxygen atoms in total. The van der Waals surface area contributed by atoms with Crippen LogP contribution in [0, 0.1) is 0 Å². The second-order valence-corrected chi connectivity index (χ2v) is 7.74. The molecule has 3 aromatic rings. The molecule has 1 atom stereocenters. The van der Waals surface area contributed by atoms with Crippen LogP contribution in [0.5, 0.6) is 5.75 Å². The number of Topliss-reactive ketones (excluding diaryl/α,β-unsaturated/α-hetero) is 1. The molecule has 1 unspecified atom stereocenters. The van der Waals surface area contributed by atoms with Crippen LogP contribution in [-0.2, 0) is 16.9 Å². The summed E-state index contributed by atoms with van der Waals surface area (Å²) in [7, 11) is 1.51. The molecule has 162 valence electrons. The first-order valence-electron chi connectivity index (χ1n) is 9.82. The van der Waals surface area contributed by atoms with Crippen molar-refractivity contribution in [2.45, 2.75) is 19.0 Å². The molecular weight excluding hydrogens is 416 g/mol. The van der Waals surface area contributed by atoms with E-state index in [1.807, 2.05) is 0 Å². The lowest BCUT2D eigenvalue weighted by atomic mass is 9.95. The number of urea groups is 1. The number of hydrogen-bond acceptors (Lipinski definition) is 7. The summed E-state index contributed by atoms with van der Waals surface area (Å²) in [6.45, 7) is 1.47. The van der Waals surface area contributed by atoms with E-state index >= 15 is 0 Å². The van der Waals surface area contributed by atoms with Crippen molar-refractivity contribution in [2.75, 3.05) is 13.7 Å². The Bertz CT molecular complexity index is 1330. The van der Waals surface area contributed by atoms with Gasteiger partial charge in [-0.1, -0.05) is 6.07 Å². The molecule has 2 aliphatic heterocycles. The molecule has 2 aromatic heterocycles. The van der Waals surface area contributed by atoms with Gasteiger partial charge in [-0.25, -0.2) is 4.79 Å². The van der Waals surface area contributed by atoms with Gasteiger partial charge in [0.2, 0.25) is 0 Å². The third kappa shape index (κ3) is 2.83. The highest BCUT2D eigenvalue weighted by Crippen LogP contribution is 2.35. The highest BCUT2D eigenvalue weighted by Gasteiger charge is 2.53. The van der Waals surface area contributed by atoms with Gasteiger partial charge < -0.3 is 19.4 Å². The zero-order chi connectivity index (χ0) is 22.6. The standard InChI is InChI=1S/C22H18N4O6/c1-11(27)18-15-8-17(32-16(15)5-6-23-18)22(20(29)24-21(30)25-22)10-26-9-12-3-4-13(31-2)7-14(12)19(26)28/h3-8H,9-10H2,1-2H3,(H2,24,25,29,30). The minimum absolute atomic E-state index is 0.104. The molecule has 32 heavy (non-hydrogen) atoms. The number of amides is 4. The second kappa shape index (κ2) is 6.91. The summed E-state index contributed by atoms with van der Waals surface area (Å²) < 4.78 is 11.1. The second-order valence-electron chi connectivity index (χ2n) is 7.74. The Morgan fingerprint density at radius 1 is 1.25 bits per heavy atom. The van der Waals surface area contributed by atoms with Crippen molar-refractivity contribution in [3.8, 4) is 5.75 Å². The highest BCUT2D eigenvalue weighted by molar-refractivity contribution is 6.09. The van der Waals surface area contributed by atoms with Gasteiger partial charge in [0.15, 0.2) is 11.3 Å². The van der Waals surface area contributed by atoms with Crippen molar-refractivity contribution >= 4 is 34.6 Å². The predicted octanol–water partition coefficient (Wildman–Crippen LogP) is 1.73. The number of ether oxygens (including phenoxy) is 1. The number of fused-ring (bicyclic) bond motifs is 2. The van der Waals surface area contributed by atoms with Gasteiger partial charge >= 0.3 is 6.03 Å². The summed E-state index contributed by atoms with van der Waals surface area (Å²) in [5.74, 6) is -0.569. The molecule has 2 aliphatic rings. The first-order chi connectivity index (χ1) is 15.3. The van der Waals surface area contributed by atoms with Crippen LogP contribution in [0.15, 0.2) is 40.9 Å². The van der Waals surface area contributed by atoms with Crippen LogP contribution in [-0.4, -0.2) is 47.2 Å². The number of benzene rings is 1. The van der Waals surface area contributed by atoms with Crippen LogP contribution in [0.1, 0.15) is 39.1 Å². The number of rotatable bonds is 5. The molecule has 0 aliphatic carbocycles. The largest absolute Gasteiger partial charge is 0.497 e. The lowest BCUT2D eigenvalue weighted by molar-refractivity contribution is -0.125. The molecule has 0 saturated carbocycles. The van der Waals surface area contributed by atoms with Crippen LogP contribution in [0.2, 0.25) is 0 Å². The minimum Gasteiger partial charge on any atom is -0.497 e. The number of aromatic nitrogens is 1. The third-order valence-electron chi connectivity index (χ3n) is 5.77. The molecule has 10 heteroatoms. The van der Waals surface area contributed by atoms with E-state index in [-0.39, 0.29) is 36.2 Å². The van der Waals surface area contributed by atoms with E-state index in [1.54, 1.807) is 24.3 Å². The van der Waals surface area contributed by atoms with E-state index in [2.05, 4.69) is 15.6 Å². The van der Waals surface area contributed by atoms with Gasteiger partial charge in [0.25, 0.3) is 11.8 Å². The molecular formula is C22H18N4O6. The van der Waals surface area contributed by atoms with Gasteiger partial charge in [-0.3, -0.25) is 24.7 Å². The Balaban J connectivity index is 1.57. The fourth-order valence-electron chi connectivity index (χ4n) is 4.19. The zero-order valence-corrected chi connectivity index (χ0v) is 17.2. The number of carbonyl (C=O) groups is 4. The Morgan fingerprint density at radius 2 is 2.06 bits per heavy atom. The Morgan fingerprint density at radius 3 is 2.75 bits per heavy atom. The molecule has 0 bridgehead atoms. The van der Waals surface area contributed by atoms with E-state index in [0.717, 1.165) is 5.56 Å². The quantitative estimate of drug-likeness (QED) is 0.462. The van der Waals surface area contributed by atoms with E-state index in [9.17, 15) is 19.2 Å². The molecule has 1 aromatic carbocycles. The molecule has 0 radical (unpaired) electrons. The van der Waals surface area contributed by atoms with Crippen LogP contribution >= 0.6 is 0 Å². The molecule has 5 rings (SSSR count). The number of carbonyl (C=O) groups excluding carboxylic acids is 4. The zero-order valence-electron chi connectivity index (χ0n) is 17.2. The van der Waals surface area contributed by atoms with Gasteiger partial charge in [-0.15, -0.1) is 0 Å². The predicted molar refractivity (Wildman–Crippen MR) is 110 cm³/mol. The number of imide groups is 1. The molecule has 0 spiro atoms. The van der Waals surface area contributed by atoms with Crippen molar-refractivity contribution in [1.82, 2.24) is 20.5 Å². The number of pyridine rings is 1. The van der Waals surface area contributed by atoms with Gasteiger partial charge in [-0.2, -0.15) is 0 Å². The number of methoxy groups -OCH3 is 1. The van der Waals surface area contributed by atoms with Crippen molar-refractivity contribution in [1.29, 1.82) is 0 Å². The Labute approximate surface area is 181 Å². The average molecular weight is 434 g/mol. The van der Waals surface area contributed by atoms with Gasteiger partial charge in [-0.05, 0) is 29.8 Å². The van der Waals surface area contributed by atoms with Crippen LogP contribution in [0.4, 0.5) is 4.79 Å². The number of hydrogen-bond donors (Lipinski definition) is 2. The van der Waals surface area contributed by atoms with Crippen LogP contribution < -0.4 is 15.4 Å². The number of nitrogens with one attached hydrogen (secondary N) is 2. The monoisotopic (exact) mass is 434 g/mol. The fourth-order valence-corrected chi connectivity index (χ4v) is 4.19. The summed E-state index contributed by atoms with van der Waals surface area (Å²) in [6.07, 6.45) is 1.43.